The highest BCUT2D eigenvalue weighted by Gasteiger charge is 2.19. The Morgan fingerprint density at radius 1 is 0.474 bits per heavy atom. The minimum Gasteiger partial charge on any atom is -0.307 e. The molecule has 0 aliphatic heterocycles. The Hall–Kier alpha value is -4.89. The van der Waals surface area contributed by atoms with Crippen LogP contribution in [0.5, 0.6) is 0 Å². The minimum atomic E-state index is 1.12. The van der Waals surface area contributed by atoms with Crippen molar-refractivity contribution in [3.8, 4) is 11.1 Å². The van der Waals surface area contributed by atoms with Gasteiger partial charge in [0.15, 0.2) is 0 Å². The SMILES string of the molecule is Cc1c2ccccc2n2c3ccccc3c3ccc(-c4cccnc4)cc3n3c4ccccc4c(C)c3c12. The minimum absolute atomic E-state index is 1.12. The number of nitrogens with zero attached hydrogens (tertiary/aromatic N) is 3. The molecule has 3 heteroatoms. The standard InChI is InChI=1S/C35H25N3/c1-22-26-11-3-6-14-30(26)37-32-16-8-5-13-28(32)29-18-17-24(25-10-9-19-36-21-25)20-33(29)38-31-15-7-4-12-27(31)23(2)35(38)34(22)37/h3-21H,1-2H3. The number of pyridine rings is 1. The molecule has 0 N–H and O–H groups in total. The van der Waals surface area contributed by atoms with E-state index in [1.165, 1.54) is 65.8 Å². The van der Waals surface area contributed by atoms with Crippen LogP contribution in [0.15, 0.2) is 116 Å². The lowest BCUT2D eigenvalue weighted by molar-refractivity contribution is 1.28. The highest BCUT2D eigenvalue weighted by Crippen LogP contribution is 2.39. The summed E-state index contributed by atoms with van der Waals surface area (Å²) in [6, 6.07) is 37.4. The number of aromatic nitrogens is 3. The van der Waals surface area contributed by atoms with Crippen LogP contribution < -0.4 is 0 Å². The van der Waals surface area contributed by atoms with Gasteiger partial charge < -0.3 is 8.80 Å². The van der Waals surface area contributed by atoms with Gasteiger partial charge in [0.1, 0.15) is 0 Å². The van der Waals surface area contributed by atoms with E-state index in [9.17, 15) is 0 Å². The summed E-state index contributed by atoms with van der Waals surface area (Å²) in [7, 11) is 0. The van der Waals surface area contributed by atoms with Gasteiger partial charge >= 0.3 is 0 Å². The first-order chi connectivity index (χ1) is 18.7. The van der Waals surface area contributed by atoms with Crippen molar-refractivity contribution in [2.45, 2.75) is 13.8 Å². The maximum atomic E-state index is 4.40. The van der Waals surface area contributed by atoms with E-state index < -0.39 is 0 Å². The first-order valence-corrected chi connectivity index (χ1v) is 13.1. The molecule has 180 valence electrons. The zero-order valence-electron chi connectivity index (χ0n) is 21.3. The molecule has 0 unspecified atom stereocenters. The fourth-order valence-corrected chi connectivity index (χ4v) is 6.42. The van der Waals surface area contributed by atoms with Gasteiger partial charge in [-0.1, -0.05) is 72.8 Å². The normalized spacial score (nSPS) is 11.9. The number of fused-ring (bicyclic) bond motifs is 12. The third-order valence-corrected chi connectivity index (χ3v) is 8.15. The van der Waals surface area contributed by atoms with E-state index in [1.54, 1.807) is 0 Å². The molecular weight excluding hydrogens is 462 g/mol. The number of rotatable bonds is 1. The molecule has 4 aromatic carbocycles. The molecule has 0 saturated carbocycles. The quantitative estimate of drug-likeness (QED) is 0.226. The third-order valence-electron chi connectivity index (χ3n) is 8.15. The summed E-state index contributed by atoms with van der Waals surface area (Å²) in [5, 5.41) is 5.01. The van der Waals surface area contributed by atoms with E-state index in [0.717, 1.165) is 11.1 Å². The summed E-state index contributed by atoms with van der Waals surface area (Å²) < 4.78 is 4.98. The largest absolute Gasteiger partial charge is 0.307 e. The van der Waals surface area contributed by atoms with Gasteiger partial charge in [0.05, 0.1) is 33.1 Å². The predicted octanol–water partition coefficient (Wildman–Crippen LogP) is 9.05. The monoisotopic (exact) mass is 487 g/mol. The summed E-state index contributed by atoms with van der Waals surface area (Å²) in [6.07, 6.45) is 3.77. The first kappa shape index (κ1) is 21.2. The molecule has 0 fully saturated rings. The van der Waals surface area contributed by atoms with Gasteiger partial charge in [0.25, 0.3) is 0 Å². The van der Waals surface area contributed by atoms with Crippen LogP contribution in [-0.4, -0.2) is 13.8 Å². The zero-order chi connectivity index (χ0) is 25.4. The summed E-state index contributed by atoms with van der Waals surface area (Å²) in [5.74, 6) is 0. The van der Waals surface area contributed by atoms with Crippen molar-refractivity contribution < 1.29 is 0 Å². The van der Waals surface area contributed by atoms with Crippen LogP contribution >= 0.6 is 0 Å². The Labute approximate surface area is 219 Å². The van der Waals surface area contributed by atoms with Crippen molar-refractivity contribution >= 4 is 54.6 Å². The van der Waals surface area contributed by atoms with Crippen molar-refractivity contribution in [2.24, 2.45) is 0 Å². The van der Waals surface area contributed by atoms with E-state index in [-0.39, 0.29) is 0 Å². The van der Waals surface area contributed by atoms with Crippen molar-refractivity contribution in [2.75, 3.05) is 0 Å². The van der Waals surface area contributed by atoms with Crippen LogP contribution in [0.4, 0.5) is 0 Å². The second-order valence-electron chi connectivity index (χ2n) is 10.1. The highest BCUT2D eigenvalue weighted by atomic mass is 15.0. The van der Waals surface area contributed by atoms with E-state index in [0.29, 0.717) is 0 Å². The number of benzene rings is 4. The molecule has 0 aliphatic rings. The number of hydrogen-bond donors (Lipinski definition) is 0. The average molecular weight is 488 g/mol. The molecule has 0 bridgehead atoms. The summed E-state index contributed by atoms with van der Waals surface area (Å²) in [6.45, 7) is 4.54. The summed E-state index contributed by atoms with van der Waals surface area (Å²) in [5.41, 5.74) is 12.2. The third kappa shape index (κ3) is 2.76. The smallest absolute Gasteiger partial charge is 0.0742 e. The molecule has 4 aromatic heterocycles. The van der Waals surface area contributed by atoms with Crippen molar-refractivity contribution in [1.29, 1.82) is 0 Å². The molecule has 8 rings (SSSR count). The molecule has 0 atom stereocenters. The van der Waals surface area contributed by atoms with Gasteiger partial charge in [-0.2, -0.15) is 0 Å². The predicted molar refractivity (Wildman–Crippen MR) is 160 cm³/mol. The second kappa shape index (κ2) is 7.80. The fraction of sp³-hybridized carbons (Fsp3) is 0.0571. The van der Waals surface area contributed by atoms with Gasteiger partial charge in [-0.3, -0.25) is 4.98 Å². The van der Waals surface area contributed by atoms with Crippen molar-refractivity contribution in [1.82, 2.24) is 13.8 Å². The first-order valence-electron chi connectivity index (χ1n) is 13.1. The Balaban J connectivity index is 1.79. The van der Waals surface area contributed by atoms with Crippen molar-refractivity contribution in [3.63, 3.8) is 0 Å². The van der Waals surface area contributed by atoms with Crippen LogP contribution in [0, 0.1) is 13.8 Å². The molecule has 4 heterocycles. The van der Waals surface area contributed by atoms with E-state index in [4.69, 9.17) is 0 Å². The molecule has 0 saturated heterocycles. The summed E-state index contributed by atoms with van der Waals surface area (Å²) in [4.78, 5) is 4.40. The Kier molecular flexibility index (Phi) is 4.36. The maximum absolute atomic E-state index is 4.40. The van der Waals surface area contributed by atoms with Gasteiger partial charge in [0, 0.05) is 39.5 Å². The second-order valence-corrected chi connectivity index (χ2v) is 10.1. The van der Waals surface area contributed by atoms with Gasteiger partial charge in [-0.15, -0.1) is 0 Å². The molecule has 8 aromatic rings. The fourth-order valence-electron chi connectivity index (χ4n) is 6.42. The van der Waals surface area contributed by atoms with Crippen LogP contribution in [0.2, 0.25) is 0 Å². The molecule has 0 spiro atoms. The van der Waals surface area contributed by atoms with E-state index in [1.807, 2.05) is 18.5 Å². The Bertz CT molecular complexity index is 2250. The molecular formula is C35H25N3. The molecule has 3 nitrogen and oxygen atoms in total. The molecule has 0 radical (unpaired) electrons. The topological polar surface area (TPSA) is 21.7 Å². The lowest BCUT2D eigenvalue weighted by atomic mass is 10.0. The van der Waals surface area contributed by atoms with Gasteiger partial charge in [-0.25, -0.2) is 0 Å². The Morgan fingerprint density at radius 3 is 1.61 bits per heavy atom. The molecule has 38 heavy (non-hydrogen) atoms. The van der Waals surface area contributed by atoms with Crippen LogP contribution in [0.25, 0.3) is 65.8 Å². The maximum Gasteiger partial charge on any atom is 0.0742 e. The zero-order valence-corrected chi connectivity index (χ0v) is 21.3. The van der Waals surface area contributed by atoms with Gasteiger partial charge in [0.2, 0.25) is 0 Å². The van der Waals surface area contributed by atoms with E-state index in [2.05, 4.69) is 125 Å². The van der Waals surface area contributed by atoms with Crippen LogP contribution in [-0.2, 0) is 0 Å². The van der Waals surface area contributed by atoms with Crippen LogP contribution in [0.1, 0.15) is 11.1 Å². The highest BCUT2D eigenvalue weighted by molar-refractivity contribution is 6.13. The lowest BCUT2D eigenvalue weighted by Gasteiger charge is -2.12. The van der Waals surface area contributed by atoms with Crippen molar-refractivity contribution in [3.05, 3.63) is 127 Å². The van der Waals surface area contributed by atoms with E-state index >= 15 is 0 Å². The Morgan fingerprint density at radius 2 is 1.00 bits per heavy atom. The number of hydrogen-bond acceptors (Lipinski definition) is 1. The number of aryl methyl sites for hydroxylation is 2. The average Bonchev–Trinajstić information content (AvgIpc) is 3.42. The lowest BCUT2D eigenvalue weighted by Crippen LogP contribution is -1.95. The molecule has 0 amide bonds. The van der Waals surface area contributed by atoms with Gasteiger partial charge in [-0.05, 0) is 60.9 Å². The number of para-hydroxylation sites is 3. The van der Waals surface area contributed by atoms with Crippen LogP contribution in [0.3, 0.4) is 0 Å². The molecule has 0 aliphatic carbocycles. The summed E-state index contributed by atoms with van der Waals surface area (Å²) >= 11 is 0.